The number of ether oxygens (including phenoxy) is 2. The van der Waals surface area contributed by atoms with Gasteiger partial charge in [-0.1, -0.05) is 123 Å². The molecule has 0 bridgehead atoms. The Bertz CT molecular complexity index is 2440. The summed E-state index contributed by atoms with van der Waals surface area (Å²) in [5, 5.41) is 9.56. The standard InChI is InChI=1S/C45H43N3O8S/c1-28(2)22-40(44(51)55-26-31-24-37-32-15-7-6-14-30(32)20-21-41(37)57(31,53)54)48-43(50)39(23-29-12-4-3-5-13-29)47-42(49)25-46-45(52)56-27-38-35-18-10-8-16-33(35)34-17-9-11-19-36(34)38/h3-21,24,28,38-40H,22-23,25-27H2,1-2H3,(H,46,52)(H,47,49)(H,48,50)/t39-,40-/m0/s1. The summed E-state index contributed by atoms with van der Waals surface area (Å²) in [5.74, 6) is -2.32. The third-order valence-corrected chi connectivity index (χ3v) is 12.1. The number of carbonyl (C=O) groups excluding carboxylic acids is 4. The molecule has 0 spiro atoms. The molecule has 0 saturated heterocycles. The highest BCUT2D eigenvalue weighted by Crippen LogP contribution is 2.44. The van der Waals surface area contributed by atoms with Crippen LogP contribution in [0.4, 0.5) is 4.79 Å². The Morgan fingerprint density at radius 3 is 2.07 bits per heavy atom. The topological polar surface area (TPSA) is 157 Å². The smallest absolute Gasteiger partial charge is 0.407 e. The maximum Gasteiger partial charge on any atom is 0.407 e. The summed E-state index contributed by atoms with van der Waals surface area (Å²) < 4.78 is 37.9. The van der Waals surface area contributed by atoms with Gasteiger partial charge in [-0.25, -0.2) is 18.0 Å². The van der Waals surface area contributed by atoms with E-state index in [4.69, 9.17) is 9.47 Å². The molecule has 0 fully saturated rings. The molecule has 5 aromatic carbocycles. The van der Waals surface area contributed by atoms with E-state index < -0.39 is 58.9 Å². The van der Waals surface area contributed by atoms with E-state index in [9.17, 15) is 27.6 Å². The van der Waals surface area contributed by atoms with Gasteiger partial charge in [-0.05, 0) is 63.1 Å². The first kappa shape index (κ1) is 39.0. The molecule has 0 saturated carbocycles. The normalized spacial score (nSPS) is 14.8. The van der Waals surface area contributed by atoms with Crippen LogP contribution in [-0.2, 0) is 40.1 Å². The minimum absolute atomic E-state index is 0.0588. The summed E-state index contributed by atoms with van der Waals surface area (Å²) in [6.07, 6.45) is 1.02. The second kappa shape index (κ2) is 16.8. The summed E-state index contributed by atoms with van der Waals surface area (Å²) in [5.41, 5.74) is 5.58. The van der Waals surface area contributed by atoms with Crippen molar-refractivity contribution >= 4 is 50.6 Å². The number of nitrogens with one attached hydrogen (secondary N) is 3. The van der Waals surface area contributed by atoms with E-state index in [1.807, 2.05) is 92.7 Å². The van der Waals surface area contributed by atoms with E-state index in [0.717, 1.165) is 38.6 Å². The zero-order chi connectivity index (χ0) is 40.1. The van der Waals surface area contributed by atoms with Gasteiger partial charge in [0.2, 0.25) is 21.7 Å². The molecule has 292 valence electrons. The van der Waals surface area contributed by atoms with Crippen LogP contribution in [0.1, 0.15) is 48.4 Å². The molecule has 12 heteroatoms. The molecule has 0 aromatic heterocycles. The first-order valence-electron chi connectivity index (χ1n) is 18.9. The molecular formula is C45H43N3O8S. The number of hydrogen-bond acceptors (Lipinski definition) is 8. The molecule has 0 unspecified atom stereocenters. The van der Waals surface area contributed by atoms with Gasteiger partial charge in [0.1, 0.15) is 31.8 Å². The highest BCUT2D eigenvalue weighted by Gasteiger charge is 2.34. The predicted octanol–water partition coefficient (Wildman–Crippen LogP) is 6.31. The summed E-state index contributed by atoms with van der Waals surface area (Å²) in [4.78, 5) is 53.5. The molecule has 2 atom stereocenters. The highest BCUT2D eigenvalue weighted by molar-refractivity contribution is 7.95. The predicted molar refractivity (Wildman–Crippen MR) is 217 cm³/mol. The van der Waals surface area contributed by atoms with Crippen LogP contribution in [0.2, 0.25) is 0 Å². The molecular weight excluding hydrogens is 743 g/mol. The van der Waals surface area contributed by atoms with E-state index in [2.05, 4.69) is 16.0 Å². The highest BCUT2D eigenvalue weighted by atomic mass is 32.2. The van der Waals surface area contributed by atoms with Gasteiger partial charge in [0, 0.05) is 17.9 Å². The largest absolute Gasteiger partial charge is 0.459 e. The Hall–Kier alpha value is -6.27. The minimum atomic E-state index is -3.90. The molecule has 1 aliphatic carbocycles. The average Bonchev–Trinajstić information content (AvgIpc) is 3.67. The van der Waals surface area contributed by atoms with Crippen molar-refractivity contribution in [2.24, 2.45) is 5.92 Å². The number of carbonyl (C=O) groups is 4. The van der Waals surface area contributed by atoms with Crippen LogP contribution in [0, 0.1) is 5.92 Å². The van der Waals surface area contributed by atoms with Crippen LogP contribution in [0.3, 0.4) is 0 Å². The number of esters is 1. The Kier molecular flexibility index (Phi) is 11.5. The third kappa shape index (κ3) is 8.61. The lowest BCUT2D eigenvalue weighted by atomic mass is 9.98. The Balaban J connectivity index is 0.979. The molecule has 7 rings (SSSR count). The number of benzene rings is 5. The number of alkyl carbamates (subject to hydrolysis) is 1. The van der Waals surface area contributed by atoms with Crippen molar-refractivity contribution in [2.75, 3.05) is 19.8 Å². The van der Waals surface area contributed by atoms with Crippen LogP contribution in [0.15, 0.2) is 125 Å². The van der Waals surface area contributed by atoms with Crippen molar-refractivity contribution in [1.82, 2.24) is 16.0 Å². The molecule has 0 radical (unpaired) electrons. The second-order valence-electron chi connectivity index (χ2n) is 14.6. The quantitative estimate of drug-likeness (QED) is 0.111. The summed E-state index contributed by atoms with van der Waals surface area (Å²) >= 11 is 0. The van der Waals surface area contributed by atoms with E-state index in [1.165, 1.54) is 6.08 Å². The first-order valence-corrected chi connectivity index (χ1v) is 20.3. The third-order valence-electron chi connectivity index (χ3n) is 10.2. The lowest BCUT2D eigenvalue weighted by Gasteiger charge is -2.24. The van der Waals surface area contributed by atoms with Crippen LogP contribution in [0.5, 0.6) is 0 Å². The summed E-state index contributed by atoms with van der Waals surface area (Å²) in [7, 11) is -3.90. The van der Waals surface area contributed by atoms with E-state index in [1.54, 1.807) is 36.4 Å². The zero-order valence-corrected chi connectivity index (χ0v) is 32.4. The molecule has 2 aliphatic rings. The van der Waals surface area contributed by atoms with Gasteiger partial charge < -0.3 is 25.4 Å². The van der Waals surface area contributed by atoms with Gasteiger partial charge in [0.15, 0.2) is 0 Å². The van der Waals surface area contributed by atoms with Crippen molar-refractivity contribution in [3.8, 4) is 11.1 Å². The maximum atomic E-state index is 13.9. The Morgan fingerprint density at radius 1 is 0.719 bits per heavy atom. The monoisotopic (exact) mass is 785 g/mol. The van der Waals surface area contributed by atoms with Gasteiger partial charge in [-0.2, -0.15) is 0 Å². The fourth-order valence-corrected chi connectivity index (χ4v) is 8.94. The first-order chi connectivity index (χ1) is 27.5. The van der Waals surface area contributed by atoms with Crippen molar-refractivity contribution in [3.05, 3.63) is 142 Å². The zero-order valence-electron chi connectivity index (χ0n) is 31.6. The number of rotatable bonds is 14. The molecule has 11 nitrogen and oxygen atoms in total. The molecule has 5 aromatic rings. The fraction of sp³-hybridized carbons (Fsp3) is 0.244. The summed E-state index contributed by atoms with van der Waals surface area (Å²) in [6, 6.07) is 33.4. The van der Waals surface area contributed by atoms with Crippen LogP contribution < -0.4 is 16.0 Å². The number of fused-ring (bicyclic) bond motifs is 6. The van der Waals surface area contributed by atoms with Crippen LogP contribution in [0.25, 0.3) is 28.0 Å². The Labute approximate surface area is 331 Å². The van der Waals surface area contributed by atoms with Gasteiger partial charge in [-0.15, -0.1) is 0 Å². The van der Waals surface area contributed by atoms with E-state index >= 15 is 0 Å². The Morgan fingerprint density at radius 2 is 1.37 bits per heavy atom. The fourth-order valence-electron chi connectivity index (χ4n) is 7.46. The number of amides is 3. The van der Waals surface area contributed by atoms with E-state index in [-0.39, 0.29) is 41.1 Å². The van der Waals surface area contributed by atoms with E-state index in [0.29, 0.717) is 5.56 Å². The van der Waals surface area contributed by atoms with Gasteiger partial charge in [0.05, 0.1) is 9.80 Å². The average molecular weight is 786 g/mol. The number of sulfone groups is 1. The summed E-state index contributed by atoms with van der Waals surface area (Å²) in [6.45, 7) is 2.84. The number of hydrogen-bond donors (Lipinski definition) is 3. The minimum Gasteiger partial charge on any atom is -0.459 e. The molecule has 1 aliphatic heterocycles. The SMILES string of the molecule is CC(C)C[C@H](NC(=O)[C@H](Cc1ccccc1)NC(=O)CNC(=O)OCC1c2ccccc2-c2ccccc21)C(=O)OCC1=Cc2c(ccc3ccccc23)S1(=O)=O. The maximum absolute atomic E-state index is 13.9. The molecule has 57 heavy (non-hydrogen) atoms. The van der Waals surface area contributed by atoms with Crippen molar-refractivity contribution in [2.45, 2.75) is 49.6 Å². The van der Waals surface area contributed by atoms with Gasteiger partial charge in [-0.3, -0.25) is 9.59 Å². The molecule has 3 amide bonds. The van der Waals surface area contributed by atoms with Gasteiger partial charge in [0.25, 0.3) is 0 Å². The van der Waals surface area contributed by atoms with Crippen LogP contribution >= 0.6 is 0 Å². The van der Waals surface area contributed by atoms with Crippen molar-refractivity contribution < 1.29 is 37.1 Å². The lowest BCUT2D eigenvalue weighted by molar-refractivity contribution is -0.147. The van der Waals surface area contributed by atoms with Gasteiger partial charge >= 0.3 is 12.1 Å². The second-order valence-corrected chi connectivity index (χ2v) is 16.6. The van der Waals surface area contributed by atoms with Crippen LogP contribution in [-0.4, -0.2) is 64.1 Å². The molecule has 1 heterocycles. The van der Waals surface area contributed by atoms with Crippen molar-refractivity contribution in [1.29, 1.82) is 0 Å². The lowest BCUT2D eigenvalue weighted by Crippen LogP contribution is -2.54. The molecule has 3 N–H and O–H groups in total. The van der Waals surface area contributed by atoms with Crippen molar-refractivity contribution in [3.63, 3.8) is 0 Å².